The van der Waals surface area contributed by atoms with E-state index in [1.54, 1.807) is 13.8 Å². The number of ketones is 2. The third kappa shape index (κ3) is 3.76. The highest BCUT2D eigenvalue weighted by Crippen LogP contribution is 2.21. The van der Waals surface area contributed by atoms with Crippen LogP contribution in [0.25, 0.3) is 0 Å². The van der Waals surface area contributed by atoms with Gasteiger partial charge in [0.05, 0.1) is 5.69 Å². The van der Waals surface area contributed by atoms with E-state index in [0.717, 1.165) is 4.90 Å². The van der Waals surface area contributed by atoms with E-state index >= 15 is 0 Å². The molecule has 1 fully saturated rings. The summed E-state index contributed by atoms with van der Waals surface area (Å²) >= 11 is 0. The van der Waals surface area contributed by atoms with Crippen LogP contribution in [0.15, 0.2) is 0 Å². The van der Waals surface area contributed by atoms with Gasteiger partial charge in [-0.3, -0.25) is 24.1 Å². The molecule has 0 aromatic carbocycles. The van der Waals surface area contributed by atoms with E-state index in [-0.39, 0.29) is 11.5 Å². The second-order valence-corrected chi connectivity index (χ2v) is 7.12. The number of imide groups is 1. The van der Waals surface area contributed by atoms with Crippen molar-refractivity contribution in [2.45, 2.75) is 53.2 Å². The van der Waals surface area contributed by atoms with Gasteiger partial charge in [-0.2, -0.15) is 0 Å². The molecule has 0 spiro atoms. The van der Waals surface area contributed by atoms with Crippen LogP contribution < -0.4 is 5.32 Å². The number of nitrogens with one attached hydrogen (secondary N) is 2. The Morgan fingerprint density at radius 1 is 1.19 bits per heavy atom. The minimum atomic E-state index is -1.15. The third-order valence-electron chi connectivity index (χ3n) is 4.45. The van der Waals surface area contributed by atoms with Crippen molar-refractivity contribution in [2.75, 3.05) is 6.54 Å². The van der Waals surface area contributed by atoms with Crippen LogP contribution in [0.1, 0.15) is 59.8 Å². The Morgan fingerprint density at radius 2 is 1.78 bits per heavy atom. The van der Waals surface area contributed by atoms with E-state index < -0.39 is 41.9 Å². The van der Waals surface area contributed by atoms with Gasteiger partial charge in [-0.15, -0.1) is 0 Å². The molecule has 9 nitrogen and oxygen atoms in total. The molecule has 2 N–H and O–H groups in total. The van der Waals surface area contributed by atoms with Gasteiger partial charge in [-0.1, -0.05) is 0 Å². The summed E-state index contributed by atoms with van der Waals surface area (Å²) in [5, 5.41) is 2.45. The molecular formula is C18H23N3O6. The molecule has 27 heavy (non-hydrogen) atoms. The number of esters is 1. The zero-order valence-corrected chi connectivity index (χ0v) is 16.2. The number of aromatic amines is 1. The van der Waals surface area contributed by atoms with E-state index in [1.165, 1.54) is 27.7 Å². The lowest BCUT2D eigenvalue weighted by Gasteiger charge is -2.17. The summed E-state index contributed by atoms with van der Waals surface area (Å²) in [5.74, 6) is -2.12. The normalized spacial score (nSPS) is 16.9. The average molecular weight is 377 g/mol. The molecule has 3 amide bonds. The van der Waals surface area contributed by atoms with Crippen molar-refractivity contribution in [1.82, 2.24) is 15.2 Å². The Labute approximate surface area is 156 Å². The first kappa shape index (κ1) is 20.3. The molecule has 1 saturated heterocycles. The topological polar surface area (TPSA) is 126 Å². The molecule has 1 aliphatic heterocycles. The highest BCUT2D eigenvalue weighted by atomic mass is 16.5. The Hall–Kier alpha value is -2.97. The molecule has 0 saturated carbocycles. The molecule has 1 unspecified atom stereocenters. The van der Waals surface area contributed by atoms with Crippen molar-refractivity contribution in [3.05, 3.63) is 22.5 Å². The average Bonchev–Trinajstić information content (AvgIpc) is 2.93. The standard InChI is InChI=1S/C18H23N3O6/c1-8-13(10(3)22)9(2)19-14(8)15(24)11(4)27-12(23)7-21-16(25)18(5,6)20-17(21)26/h11,19H,7H2,1-6H3,(H,20,26). The van der Waals surface area contributed by atoms with Crippen molar-refractivity contribution in [3.63, 3.8) is 0 Å². The molecule has 0 radical (unpaired) electrons. The number of urea groups is 1. The highest BCUT2D eigenvalue weighted by Gasteiger charge is 2.45. The second-order valence-electron chi connectivity index (χ2n) is 7.12. The quantitative estimate of drug-likeness (QED) is 0.437. The maximum atomic E-state index is 12.6. The number of amides is 3. The van der Waals surface area contributed by atoms with E-state index in [9.17, 15) is 24.0 Å². The van der Waals surface area contributed by atoms with Crippen LogP contribution in [-0.2, 0) is 14.3 Å². The fourth-order valence-electron chi connectivity index (χ4n) is 3.11. The maximum absolute atomic E-state index is 12.6. The number of hydrogen-bond donors (Lipinski definition) is 2. The Kier molecular flexibility index (Phi) is 5.26. The van der Waals surface area contributed by atoms with Crippen LogP contribution in [0.5, 0.6) is 0 Å². The number of aromatic nitrogens is 1. The third-order valence-corrected chi connectivity index (χ3v) is 4.45. The minimum absolute atomic E-state index is 0.175. The Bertz CT molecular complexity index is 852. The molecule has 1 aromatic heterocycles. The number of Topliss-reactive ketones (excluding diaryl/α,β-unsaturated/α-hetero) is 2. The molecule has 0 bridgehead atoms. The Balaban J connectivity index is 2.08. The van der Waals surface area contributed by atoms with Gasteiger partial charge in [0, 0.05) is 11.3 Å². The second kappa shape index (κ2) is 6.98. The van der Waals surface area contributed by atoms with Crippen molar-refractivity contribution in [1.29, 1.82) is 0 Å². The molecule has 2 rings (SSSR count). The SMILES string of the molecule is CC(=O)c1c(C)[nH]c(C(=O)C(C)OC(=O)CN2C(=O)NC(C)(C)C2=O)c1C. The summed E-state index contributed by atoms with van der Waals surface area (Å²) in [4.78, 5) is 63.9. The van der Waals surface area contributed by atoms with Gasteiger partial charge in [0.2, 0.25) is 5.78 Å². The van der Waals surface area contributed by atoms with Gasteiger partial charge >= 0.3 is 12.0 Å². The van der Waals surface area contributed by atoms with Crippen molar-refractivity contribution >= 4 is 29.5 Å². The molecular weight excluding hydrogens is 354 g/mol. The first-order valence-electron chi connectivity index (χ1n) is 8.44. The van der Waals surface area contributed by atoms with Gasteiger partial charge in [0.1, 0.15) is 12.1 Å². The fourth-order valence-corrected chi connectivity index (χ4v) is 3.11. The summed E-state index contributed by atoms with van der Waals surface area (Å²) in [6.45, 7) is 8.56. The number of aryl methyl sites for hydroxylation is 1. The lowest BCUT2D eigenvalue weighted by Crippen LogP contribution is -2.41. The smallest absolute Gasteiger partial charge is 0.326 e. The lowest BCUT2D eigenvalue weighted by molar-refractivity contribution is -0.149. The number of hydrogen-bond acceptors (Lipinski definition) is 6. The van der Waals surface area contributed by atoms with Crippen molar-refractivity contribution < 1.29 is 28.7 Å². The maximum Gasteiger partial charge on any atom is 0.326 e. The largest absolute Gasteiger partial charge is 0.453 e. The molecule has 9 heteroatoms. The fraction of sp³-hybridized carbons (Fsp3) is 0.500. The lowest BCUT2D eigenvalue weighted by atomic mass is 10.0. The summed E-state index contributed by atoms with van der Waals surface area (Å²) in [5.41, 5.74) is 0.570. The molecule has 2 heterocycles. The predicted octanol–water partition coefficient (Wildman–Crippen LogP) is 1.28. The molecule has 1 aliphatic rings. The van der Waals surface area contributed by atoms with Gasteiger partial charge in [0.25, 0.3) is 5.91 Å². The van der Waals surface area contributed by atoms with Gasteiger partial charge in [0.15, 0.2) is 11.9 Å². The number of rotatable bonds is 6. The zero-order chi connectivity index (χ0) is 20.7. The highest BCUT2D eigenvalue weighted by molar-refractivity contribution is 6.08. The number of nitrogens with zero attached hydrogens (tertiary/aromatic N) is 1. The first-order chi connectivity index (χ1) is 12.4. The zero-order valence-electron chi connectivity index (χ0n) is 16.2. The van der Waals surface area contributed by atoms with E-state index in [4.69, 9.17) is 4.74 Å². The van der Waals surface area contributed by atoms with Crippen LogP contribution in [0.4, 0.5) is 4.79 Å². The first-order valence-corrected chi connectivity index (χ1v) is 8.44. The predicted molar refractivity (Wildman–Crippen MR) is 94.5 cm³/mol. The van der Waals surface area contributed by atoms with Crippen LogP contribution in [-0.4, -0.2) is 57.5 Å². The minimum Gasteiger partial charge on any atom is -0.453 e. The molecule has 1 atom stereocenters. The van der Waals surface area contributed by atoms with Crippen molar-refractivity contribution in [2.24, 2.45) is 0 Å². The van der Waals surface area contributed by atoms with Crippen LogP contribution in [0, 0.1) is 13.8 Å². The molecule has 0 aliphatic carbocycles. The number of carbonyl (C=O) groups excluding carboxylic acids is 5. The number of carbonyl (C=O) groups is 5. The van der Waals surface area contributed by atoms with Crippen molar-refractivity contribution in [3.8, 4) is 0 Å². The molecule has 146 valence electrons. The summed E-state index contributed by atoms with van der Waals surface area (Å²) in [6.07, 6.45) is -1.15. The monoisotopic (exact) mass is 377 g/mol. The van der Waals surface area contributed by atoms with E-state index in [0.29, 0.717) is 16.8 Å². The Morgan fingerprint density at radius 3 is 2.22 bits per heavy atom. The van der Waals surface area contributed by atoms with Crippen LogP contribution in [0.3, 0.4) is 0 Å². The summed E-state index contributed by atoms with van der Waals surface area (Å²) in [6, 6.07) is -0.692. The van der Waals surface area contributed by atoms with Gasteiger partial charge in [-0.05, 0) is 47.1 Å². The van der Waals surface area contributed by atoms with Gasteiger partial charge in [-0.25, -0.2) is 4.79 Å². The van der Waals surface area contributed by atoms with Crippen LogP contribution in [0.2, 0.25) is 0 Å². The number of H-pyrrole nitrogens is 1. The van der Waals surface area contributed by atoms with E-state index in [2.05, 4.69) is 10.3 Å². The summed E-state index contributed by atoms with van der Waals surface area (Å²) < 4.78 is 5.09. The van der Waals surface area contributed by atoms with E-state index in [1.807, 2.05) is 0 Å². The number of ether oxygens (including phenoxy) is 1. The molecule has 1 aromatic rings. The van der Waals surface area contributed by atoms with Crippen LogP contribution >= 0.6 is 0 Å². The van der Waals surface area contributed by atoms with Gasteiger partial charge < -0.3 is 15.0 Å². The summed E-state index contributed by atoms with van der Waals surface area (Å²) in [7, 11) is 0.